The van der Waals surface area contributed by atoms with Gasteiger partial charge in [0.25, 0.3) is 5.56 Å². The molecule has 0 saturated carbocycles. The standard InChI is InChI=1S/C13H17N3O4S.C12H18N2O4.Na.H2O/c1-10-12(14(2)9-21(18,19)20)13(17)16(15(10)3)11-7-5-4-6-8-11;1-17-8-3-4-11(18-2)9(5-8)10(15)7-14-12(16)6-13;;/h4-8H,9H2,1-3H3,(H,18,19,20);3-5,10,15H,6-7,13H2,1-2H3,(H,14,16);;1H2/q;;+1;/p-1. The Bertz CT molecular complexity index is 1430. The number of para-hydroxylation sites is 1. The normalized spacial score (nSPS) is 11.1. The second-order valence-electron chi connectivity index (χ2n) is 8.43. The summed E-state index contributed by atoms with van der Waals surface area (Å²) in [5.41, 5.74) is 6.78. The molecule has 0 radical (unpaired) electrons. The summed E-state index contributed by atoms with van der Waals surface area (Å²) in [5.74, 6) is 0.0678. The van der Waals surface area contributed by atoms with Crippen molar-refractivity contribution in [3.05, 3.63) is 70.1 Å². The number of ether oxygens (including phenoxy) is 2. The molecule has 2 aromatic carbocycles. The molecule has 0 aliphatic heterocycles. The number of aromatic nitrogens is 2. The molecule has 3 aromatic rings. The minimum atomic E-state index is -4.45. The van der Waals surface area contributed by atoms with E-state index in [1.807, 2.05) is 6.07 Å². The molecule has 0 aliphatic rings. The molecular formula is C25H36N5NaO9S. The maximum atomic E-state index is 12.5. The molecule has 6 N–H and O–H groups in total. The Hall–Kier alpha value is -2.89. The van der Waals surface area contributed by atoms with Crippen LogP contribution in [0.3, 0.4) is 0 Å². The first-order chi connectivity index (χ1) is 18.3. The Morgan fingerprint density at radius 1 is 1.17 bits per heavy atom. The van der Waals surface area contributed by atoms with Gasteiger partial charge in [0.1, 0.15) is 33.2 Å². The van der Waals surface area contributed by atoms with E-state index in [4.69, 9.17) is 15.2 Å². The maximum Gasteiger partial charge on any atom is 1.00 e. The smallest absolute Gasteiger partial charge is 0.747 e. The molecule has 14 nitrogen and oxygen atoms in total. The van der Waals surface area contributed by atoms with Gasteiger partial charge in [-0.3, -0.25) is 14.3 Å². The van der Waals surface area contributed by atoms with Gasteiger partial charge in [0.15, 0.2) is 0 Å². The predicted octanol–water partition coefficient (Wildman–Crippen LogP) is -3.59. The van der Waals surface area contributed by atoms with Crippen molar-refractivity contribution in [1.82, 2.24) is 14.7 Å². The second-order valence-corrected chi connectivity index (χ2v) is 9.80. The van der Waals surface area contributed by atoms with Gasteiger partial charge in [-0.25, -0.2) is 13.1 Å². The van der Waals surface area contributed by atoms with Gasteiger partial charge in [0.2, 0.25) is 5.91 Å². The van der Waals surface area contributed by atoms with Gasteiger partial charge in [-0.2, -0.15) is 0 Å². The van der Waals surface area contributed by atoms with Gasteiger partial charge in [0.05, 0.1) is 38.2 Å². The number of hydrogen-bond donors (Lipinski definition) is 3. The van der Waals surface area contributed by atoms with Crippen LogP contribution in [0.4, 0.5) is 5.69 Å². The number of rotatable bonds is 10. The number of nitrogens with two attached hydrogens (primary N) is 1. The number of nitrogens with one attached hydrogen (secondary N) is 1. The fraction of sp³-hybridized carbons (Fsp3) is 0.360. The maximum absolute atomic E-state index is 12.5. The summed E-state index contributed by atoms with van der Waals surface area (Å²) in [7, 11) is 1.70. The van der Waals surface area contributed by atoms with Gasteiger partial charge in [0, 0.05) is 26.2 Å². The number of nitrogens with zero attached hydrogens (tertiary/aromatic N) is 3. The average molecular weight is 606 g/mol. The van der Waals surface area contributed by atoms with Crippen molar-refractivity contribution in [2.24, 2.45) is 12.8 Å². The van der Waals surface area contributed by atoms with Crippen molar-refractivity contribution < 1.29 is 67.4 Å². The quantitative estimate of drug-likeness (QED) is 0.153. The Morgan fingerprint density at radius 2 is 1.78 bits per heavy atom. The van der Waals surface area contributed by atoms with Crippen LogP contribution >= 0.6 is 0 Å². The van der Waals surface area contributed by atoms with Crippen LogP contribution in [0.5, 0.6) is 11.5 Å². The van der Waals surface area contributed by atoms with E-state index >= 15 is 0 Å². The predicted molar refractivity (Wildman–Crippen MR) is 149 cm³/mol. The van der Waals surface area contributed by atoms with E-state index in [-0.39, 0.29) is 65.3 Å². The number of hydrogen-bond acceptors (Lipinski definition) is 10. The van der Waals surface area contributed by atoms with Crippen LogP contribution < -0.4 is 60.5 Å². The van der Waals surface area contributed by atoms with Crippen LogP contribution in [0.2, 0.25) is 0 Å². The molecule has 0 bridgehead atoms. The average Bonchev–Trinajstić information content (AvgIpc) is 3.13. The summed E-state index contributed by atoms with van der Waals surface area (Å²) >= 11 is 0. The number of aliphatic hydroxyl groups is 1. The third-order valence-electron chi connectivity index (χ3n) is 5.73. The zero-order valence-corrected chi connectivity index (χ0v) is 26.8. The zero-order chi connectivity index (χ0) is 29.3. The number of carbonyl (C=O) groups excluding carboxylic acids is 1. The SMILES string of the molecule is COc1ccc(OC)c(C(O)CNC(=O)CN)c1.Cc1c(N(C)CS(=O)(=O)[O-])c(=O)n(-c2ccccc2)n1C.O.[Na+]. The molecule has 3 rings (SSSR count). The van der Waals surface area contributed by atoms with Gasteiger partial charge in [-0.1, -0.05) is 18.2 Å². The Labute approximate surface area is 261 Å². The van der Waals surface area contributed by atoms with E-state index in [9.17, 15) is 27.7 Å². The first-order valence-corrected chi connectivity index (χ1v) is 13.3. The summed E-state index contributed by atoms with van der Waals surface area (Å²) in [5, 5.41) is 12.5. The van der Waals surface area contributed by atoms with E-state index < -0.39 is 22.1 Å². The monoisotopic (exact) mass is 605 g/mol. The number of amides is 1. The van der Waals surface area contributed by atoms with Crippen molar-refractivity contribution in [1.29, 1.82) is 0 Å². The molecular weight excluding hydrogens is 569 g/mol. The first kappa shape index (κ1) is 38.1. The zero-order valence-electron chi connectivity index (χ0n) is 23.9. The Kier molecular flexibility index (Phi) is 15.9. The first-order valence-electron chi connectivity index (χ1n) is 11.7. The molecule has 1 atom stereocenters. The topological polar surface area (TPSA) is 213 Å². The van der Waals surface area contributed by atoms with E-state index in [2.05, 4.69) is 5.32 Å². The third-order valence-corrected chi connectivity index (χ3v) is 6.43. The second kappa shape index (κ2) is 17.2. The van der Waals surface area contributed by atoms with E-state index in [1.54, 1.807) is 61.1 Å². The Morgan fingerprint density at radius 3 is 2.29 bits per heavy atom. The number of carbonyl (C=O) groups is 1. The van der Waals surface area contributed by atoms with Crippen molar-refractivity contribution >= 4 is 21.7 Å². The molecule has 1 aromatic heterocycles. The van der Waals surface area contributed by atoms with Crippen LogP contribution in [0.1, 0.15) is 17.4 Å². The molecule has 1 amide bonds. The van der Waals surface area contributed by atoms with Crippen LogP contribution in [0, 0.1) is 6.92 Å². The molecule has 0 fully saturated rings. The fourth-order valence-electron chi connectivity index (χ4n) is 3.79. The van der Waals surface area contributed by atoms with Gasteiger partial charge in [-0.15, -0.1) is 0 Å². The van der Waals surface area contributed by atoms with Crippen LogP contribution in [0.15, 0.2) is 53.3 Å². The van der Waals surface area contributed by atoms with E-state index in [0.29, 0.717) is 28.4 Å². The number of anilines is 1. The van der Waals surface area contributed by atoms with E-state index in [1.165, 1.54) is 30.8 Å². The van der Waals surface area contributed by atoms with Gasteiger partial charge >= 0.3 is 29.6 Å². The van der Waals surface area contributed by atoms with Crippen molar-refractivity contribution in [2.75, 3.05) is 45.1 Å². The molecule has 1 heterocycles. The number of benzene rings is 2. The van der Waals surface area contributed by atoms with Crippen molar-refractivity contribution in [3.8, 4) is 17.2 Å². The number of methoxy groups -OCH3 is 2. The summed E-state index contributed by atoms with van der Waals surface area (Å²) in [6.45, 7) is 1.66. The van der Waals surface area contributed by atoms with E-state index in [0.717, 1.165) is 0 Å². The minimum absolute atomic E-state index is 0. The largest absolute Gasteiger partial charge is 1.00 e. The van der Waals surface area contributed by atoms with Crippen LogP contribution in [0.25, 0.3) is 5.69 Å². The van der Waals surface area contributed by atoms with Crippen molar-refractivity contribution in [3.63, 3.8) is 0 Å². The van der Waals surface area contributed by atoms with Gasteiger partial charge < -0.3 is 40.6 Å². The molecule has 0 aliphatic carbocycles. The fourth-order valence-corrected chi connectivity index (χ4v) is 4.39. The molecule has 0 spiro atoms. The molecule has 16 heteroatoms. The third kappa shape index (κ3) is 10.5. The summed E-state index contributed by atoms with van der Waals surface area (Å²) in [6.07, 6.45) is -0.884. The molecule has 222 valence electrons. The summed E-state index contributed by atoms with van der Waals surface area (Å²) in [6, 6.07) is 14.1. The molecule has 1 unspecified atom stereocenters. The Balaban J connectivity index is 0.000000753. The summed E-state index contributed by atoms with van der Waals surface area (Å²) < 4.78 is 45.9. The van der Waals surface area contributed by atoms with Crippen LogP contribution in [-0.2, 0) is 22.0 Å². The summed E-state index contributed by atoms with van der Waals surface area (Å²) in [4.78, 5) is 24.7. The number of aliphatic hydroxyl groups excluding tert-OH is 1. The molecule has 0 saturated heterocycles. The minimum Gasteiger partial charge on any atom is -0.747 e. The molecule has 41 heavy (non-hydrogen) atoms. The van der Waals surface area contributed by atoms with Crippen LogP contribution in [-0.4, -0.2) is 79.1 Å². The van der Waals surface area contributed by atoms with Crippen molar-refractivity contribution in [2.45, 2.75) is 13.0 Å². The van der Waals surface area contributed by atoms with Gasteiger partial charge in [-0.05, 0) is 37.3 Å².